The van der Waals surface area contributed by atoms with Crippen LogP contribution in [0, 0.1) is 0 Å². The van der Waals surface area contributed by atoms with Crippen LogP contribution in [-0.2, 0) is 6.54 Å². The van der Waals surface area contributed by atoms with Crippen LogP contribution < -0.4 is 10.1 Å². The van der Waals surface area contributed by atoms with E-state index in [1.165, 1.54) is 0 Å². The topological polar surface area (TPSA) is 21.3 Å². The van der Waals surface area contributed by atoms with Crippen molar-refractivity contribution in [1.29, 1.82) is 0 Å². The molecule has 2 aromatic carbocycles. The SMILES string of the molecule is CCNCc1ccc(Oc2ccc(Cl)c(Cl)c2)cc1Cl. The lowest BCUT2D eigenvalue weighted by Gasteiger charge is -2.10. The molecule has 0 aliphatic heterocycles. The quantitative estimate of drug-likeness (QED) is 0.776. The third-order valence-electron chi connectivity index (χ3n) is 2.72. The van der Waals surface area contributed by atoms with Crippen LogP contribution in [0.2, 0.25) is 15.1 Å². The van der Waals surface area contributed by atoms with Crippen molar-refractivity contribution in [3.05, 3.63) is 57.0 Å². The smallest absolute Gasteiger partial charge is 0.129 e. The molecule has 0 aliphatic rings. The largest absolute Gasteiger partial charge is 0.457 e. The van der Waals surface area contributed by atoms with Gasteiger partial charge in [0.05, 0.1) is 10.0 Å². The minimum Gasteiger partial charge on any atom is -0.457 e. The van der Waals surface area contributed by atoms with E-state index >= 15 is 0 Å². The first-order valence-electron chi connectivity index (χ1n) is 6.22. The molecule has 0 fully saturated rings. The highest BCUT2D eigenvalue weighted by Gasteiger charge is 2.05. The van der Waals surface area contributed by atoms with Crippen LogP contribution in [0.5, 0.6) is 11.5 Å². The van der Waals surface area contributed by atoms with Gasteiger partial charge in [0, 0.05) is 17.6 Å². The highest BCUT2D eigenvalue weighted by molar-refractivity contribution is 6.42. The molecule has 0 aliphatic carbocycles. The molecule has 106 valence electrons. The van der Waals surface area contributed by atoms with Gasteiger partial charge in [0.15, 0.2) is 0 Å². The molecule has 0 saturated carbocycles. The maximum atomic E-state index is 6.22. The fourth-order valence-corrected chi connectivity index (χ4v) is 2.20. The summed E-state index contributed by atoms with van der Waals surface area (Å²) in [6.45, 7) is 3.69. The number of halogens is 3. The average molecular weight is 331 g/mol. The molecule has 0 bridgehead atoms. The van der Waals surface area contributed by atoms with Crippen molar-refractivity contribution in [1.82, 2.24) is 5.32 Å². The van der Waals surface area contributed by atoms with E-state index < -0.39 is 0 Å². The second kappa shape index (κ2) is 7.19. The molecule has 0 heterocycles. The summed E-state index contributed by atoms with van der Waals surface area (Å²) in [5, 5.41) is 4.86. The van der Waals surface area contributed by atoms with E-state index in [9.17, 15) is 0 Å². The fourth-order valence-electron chi connectivity index (χ4n) is 1.67. The van der Waals surface area contributed by atoms with Crippen LogP contribution in [0.25, 0.3) is 0 Å². The minimum absolute atomic E-state index is 0.457. The minimum atomic E-state index is 0.457. The van der Waals surface area contributed by atoms with Crippen molar-refractivity contribution in [2.24, 2.45) is 0 Å². The number of benzene rings is 2. The predicted octanol–water partition coefficient (Wildman–Crippen LogP) is 5.55. The summed E-state index contributed by atoms with van der Waals surface area (Å²) in [4.78, 5) is 0. The molecule has 1 N–H and O–H groups in total. The summed E-state index contributed by atoms with van der Waals surface area (Å²) in [5.41, 5.74) is 1.04. The molecule has 2 nitrogen and oxygen atoms in total. The van der Waals surface area contributed by atoms with E-state index in [4.69, 9.17) is 39.5 Å². The lowest BCUT2D eigenvalue weighted by atomic mass is 10.2. The van der Waals surface area contributed by atoms with Gasteiger partial charge in [-0.1, -0.05) is 47.8 Å². The van der Waals surface area contributed by atoms with Gasteiger partial charge in [0.25, 0.3) is 0 Å². The zero-order valence-electron chi connectivity index (χ0n) is 10.9. The highest BCUT2D eigenvalue weighted by atomic mass is 35.5. The van der Waals surface area contributed by atoms with Crippen LogP contribution in [0.4, 0.5) is 0 Å². The van der Waals surface area contributed by atoms with E-state index in [2.05, 4.69) is 12.2 Å². The summed E-state index contributed by atoms with van der Waals surface area (Å²) in [7, 11) is 0. The summed E-state index contributed by atoms with van der Waals surface area (Å²) >= 11 is 18.0. The number of rotatable bonds is 5. The fraction of sp³-hybridized carbons (Fsp3) is 0.200. The summed E-state index contributed by atoms with van der Waals surface area (Å²) in [6.07, 6.45) is 0. The number of hydrogen-bond donors (Lipinski definition) is 1. The average Bonchev–Trinajstić information content (AvgIpc) is 2.42. The van der Waals surface area contributed by atoms with Gasteiger partial charge in [-0.2, -0.15) is 0 Å². The van der Waals surface area contributed by atoms with Gasteiger partial charge in [-0.3, -0.25) is 0 Å². The Morgan fingerprint density at radius 1 is 0.900 bits per heavy atom. The molecular formula is C15H14Cl3NO. The molecule has 0 radical (unpaired) electrons. The van der Waals surface area contributed by atoms with E-state index in [1.807, 2.05) is 12.1 Å². The second-order valence-corrected chi connectivity index (χ2v) is 5.43. The number of ether oxygens (including phenoxy) is 1. The van der Waals surface area contributed by atoms with E-state index in [-0.39, 0.29) is 0 Å². The second-order valence-electron chi connectivity index (χ2n) is 4.21. The van der Waals surface area contributed by atoms with Crippen molar-refractivity contribution in [3.63, 3.8) is 0 Å². The van der Waals surface area contributed by atoms with Gasteiger partial charge in [-0.15, -0.1) is 0 Å². The van der Waals surface area contributed by atoms with Crippen molar-refractivity contribution in [3.8, 4) is 11.5 Å². The van der Waals surface area contributed by atoms with E-state index in [0.717, 1.165) is 18.7 Å². The standard InChI is InChI=1S/C15H14Cl3NO/c1-2-19-9-10-3-4-11(7-14(10)17)20-12-5-6-13(16)15(18)8-12/h3-8,19H,2,9H2,1H3. The molecule has 2 aromatic rings. The van der Waals surface area contributed by atoms with Gasteiger partial charge < -0.3 is 10.1 Å². The zero-order valence-corrected chi connectivity index (χ0v) is 13.2. The van der Waals surface area contributed by atoms with E-state index in [1.54, 1.807) is 24.3 Å². The van der Waals surface area contributed by atoms with Crippen molar-refractivity contribution < 1.29 is 4.74 Å². The van der Waals surface area contributed by atoms with E-state index in [0.29, 0.717) is 26.6 Å². The Balaban J connectivity index is 2.13. The van der Waals surface area contributed by atoms with Crippen LogP contribution in [0.3, 0.4) is 0 Å². The first-order chi connectivity index (χ1) is 9.60. The molecule has 5 heteroatoms. The maximum absolute atomic E-state index is 6.22. The van der Waals surface area contributed by atoms with Gasteiger partial charge in [-0.25, -0.2) is 0 Å². The Hall–Kier alpha value is -0.930. The Labute approximate surface area is 133 Å². The Morgan fingerprint density at radius 3 is 2.15 bits per heavy atom. The predicted molar refractivity (Wildman–Crippen MR) is 85.4 cm³/mol. The molecule has 0 spiro atoms. The lowest BCUT2D eigenvalue weighted by Crippen LogP contribution is -2.11. The van der Waals surface area contributed by atoms with Crippen LogP contribution in [-0.4, -0.2) is 6.54 Å². The maximum Gasteiger partial charge on any atom is 0.129 e. The summed E-state index contributed by atoms with van der Waals surface area (Å²) in [6, 6.07) is 10.7. The van der Waals surface area contributed by atoms with Gasteiger partial charge in [-0.05, 0) is 36.4 Å². The van der Waals surface area contributed by atoms with Crippen LogP contribution in [0.1, 0.15) is 12.5 Å². The molecule has 0 unspecified atom stereocenters. The molecule has 0 saturated heterocycles. The Bertz CT molecular complexity index is 602. The number of nitrogens with one attached hydrogen (secondary N) is 1. The summed E-state index contributed by atoms with van der Waals surface area (Å²) in [5.74, 6) is 1.28. The van der Waals surface area contributed by atoms with Crippen molar-refractivity contribution >= 4 is 34.8 Å². The Morgan fingerprint density at radius 2 is 1.55 bits per heavy atom. The molecular weight excluding hydrogens is 317 g/mol. The molecule has 0 amide bonds. The highest BCUT2D eigenvalue weighted by Crippen LogP contribution is 2.31. The molecule has 2 rings (SSSR count). The van der Waals surface area contributed by atoms with Crippen molar-refractivity contribution in [2.45, 2.75) is 13.5 Å². The van der Waals surface area contributed by atoms with Crippen LogP contribution in [0.15, 0.2) is 36.4 Å². The van der Waals surface area contributed by atoms with Gasteiger partial charge >= 0.3 is 0 Å². The normalized spacial score (nSPS) is 10.6. The zero-order chi connectivity index (χ0) is 14.5. The van der Waals surface area contributed by atoms with Gasteiger partial charge in [0.1, 0.15) is 11.5 Å². The van der Waals surface area contributed by atoms with Gasteiger partial charge in [0.2, 0.25) is 0 Å². The molecule has 0 atom stereocenters. The third kappa shape index (κ3) is 4.03. The molecule has 20 heavy (non-hydrogen) atoms. The first-order valence-corrected chi connectivity index (χ1v) is 7.35. The summed E-state index contributed by atoms with van der Waals surface area (Å²) < 4.78 is 5.71. The van der Waals surface area contributed by atoms with Crippen LogP contribution >= 0.6 is 34.8 Å². The first kappa shape index (κ1) is 15.5. The monoisotopic (exact) mass is 329 g/mol. The Kier molecular flexibility index (Phi) is 5.55. The van der Waals surface area contributed by atoms with Crippen molar-refractivity contribution in [2.75, 3.05) is 6.54 Å². The lowest BCUT2D eigenvalue weighted by molar-refractivity contribution is 0.482. The number of hydrogen-bond acceptors (Lipinski definition) is 2. The third-order valence-corrected chi connectivity index (χ3v) is 3.81. The molecule has 0 aromatic heterocycles.